The molecule has 1 amide bonds. The number of halogens is 2. The highest BCUT2D eigenvalue weighted by molar-refractivity contribution is 5.98. The SMILES string of the molecule is N[C@@H]1CN(C(=O)c2ccccc2[N+](=O)[O-])CC(F)(F)C1. The quantitative estimate of drug-likeness (QED) is 0.657. The van der Waals surface area contributed by atoms with E-state index in [0.29, 0.717) is 0 Å². The zero-order valence-electron chi connectivity index (χ0n) is 10.5. The van der Waals surface area contributed by atoms with Crippen LogP contribution in [0.25, 0.3) is 0 Å². The number of carbonyl (C=O) groups is 1. The van der Waals surface area contributed by atoms with Crippen molar-refractivity contribution in [3.05, 3.63) is 39.9 Å². The molecule has 0 aromatic heterocycles. The van der Waals surface area contributed by atoms with Crippen LogP contribution in [0.3, 0.4) is 0 Å². The van der Waals surface area contributed by atoms with Gasteiger partial charge >= 0.3 is 0 Å². The summed E-state index contributed by atoms with van der Waals surface area (Å²) in [7, 11) is 0. The smallest absolute Gasteiger partial charge is 0.282 e. The van der Waals surface area contributed by atoms with E-state index in [2.05, 4.69) is 0 Å². The number of nitro groups is 1. The van der Waals surface area contributed by atoms with Gasteiger partial charge in [-0.25, -0.2) is 8.78 Å². The molecule has 2 rings (SSSR count). The summed E-state index contributed by atoms with van der Waals surface area (Å²) < 4.78 is 26.9. The summed E-state index contributed by atoms with van der Waals surface area (Å²) in [4.78, 5) is 23.2. The Morgan fingerprint density at radius 3 is 2.70 bits per heavy atom. The van der Waals surface area contributed by atoms with Crippen molar-refractivity contribution in [3.8, 4) is 0 Å². The molecular weight excluding hydrogens is 272 g/mol. The van der Waals surface area contributed by atoms with Gasteiger partial charge in [0.1, 0.15) is 5.56 Å². The molecule has 0 spiro atoms. The van der Waals surface area contributed by atoms with Crippen LogP contribution in [0.15, 0.2) is 24.3 Å². The van der Waals surface area contributed by atoms with Crippen LogP contribution < -0.4 is 5.73 Å². The van der Waals surface area contributed by atoms with Gasteiger partial charge in [-0.1, -0.05) is 12.1 Å². The Labute approximate surface area is 113 Å². The molecule has 1 fully saturated rings. The summed E-state index contributed by atoms with van der Waals surface area (Å²) in [6.45, 7) is -0.813. The number of piperidine rings is 1. The first-order valence-corrected chi connectivity index (χ1v) is 5.96. The lowest BCUT2D eigenvalue weighted by molar-refractivity contribution is -0.385. The summed E-state index contributed by atoms with van der Waals surface area (Å²) >= 11 is 0. The zero-order valence-corrected chi connectivity index (χ0v) is 10.5. The lowest BCUT2D eigenvalue weighted by atomic mass is 10.0. The molecule has 0 saturated carbocycles. The summed E-state index contributed by atoms with van der Waals surface area (Å²) in [5.74, 6) is -3.87. The number of hydrogen-bond donors (Lipinski definition) is 1. The third kappa shape index (κ3) is 2.90. The molecule has 1 heterocycles. The topological polar surface area (TPSA) is 89.5 Å². The van der Waals surface area contributed by atoms with Crippen LogP contribution in [-0.4, -0.2) is 40.8 Å². The standard InChI is InChI=1S/C12H13F2N3O3/c13-12(14)5-8(15)6-16(7-12)11(18)9-3-1-2-4-10(9)17(19)20/h1-4,8H,5-7,15H2/t8-/m0/s1. The van der Waals surface area contributed by atoms with Crippen LogP contribution in [0.4, 0.5) is 14.5 Å². The Morgan fingerprint density at radius 1 is 1.45 bits per heavy atom. The maximum absolute atomic E-state index is 13.4. The molecule has 20 heavy (non-hydrogen) atoms. The number of amides is 1. The van der Waals surface area contributed by atoms with Crippen molar-refractivity contribution < 1.29 is 18.5 Å². The predicted octanol–water partition coefficient (Wildman–Crippen LogP) is 1.40. The normalized spacial score (nSPS) is 21.6. The molecule has 0 radical (unpaired) electrons. The molecule has 108 valence electrons. The van der Waals surface area contributed by atoms with E-state index < -0.39 is 41.4 Å². The van der Waals surface area contributed by atoms with Gasteiger partial charge in [-0.05, 0) is 6.07 Å². The van der Waals surface area contributed by atoms with Crippen molar-refractivity contribution in [1.29, 1.82) is 0 Å². The van der Waals surface area contributed by atoms with E-state index in [1.54, 1.807) is 0 Å². The van der Waals surface area contributed by atoms with Gasteiger partial charge < -0.3 is 10.6 Å². The van der Waals surface area contributed by atoms with Gasteiger partial charge in [0.05, 0.1) is 11.5 Å². The van der Waals surface area contributed by atoms with E-state index in [0.717, 1.165) is 11.0 Å². The fourth-order valence-corrected chi connectivity index (χ4v) is 2.28. The third-order valence-corrected chi connectivity index (χ3v) is 3.06. The molecule has 0 unspecified atom stereocenters. The Morgan fingerprint density at radius 2 is 2.10 bits per heavy atom. The molecule has 8 heteroatoms. The minimum absolute atomic E-state index is 0.0412. The summed E-state index contributed by atoms with van der Waals surface area (Å²) in [6.07, 6.45) is -0.492. The highest BCUT2D eigenvalue weighted by atomic mass is 19.3. The average molecular weight is 285 g/mol. The Hall–Kier alpha value is -2.09. The number of alkyl halides is 2. The number of nitrogens with zero attached hydrogens (tertiary/aromatic N) is 2. The van der Waals surface area contributed by atoms with Gasteiger partial charge in [-0.2, -0.15) is 0 Å². The van der Waals surface area contributed by atoms with Gasteiger partial charge in [0.15, 0.2) is 0 Å². The van der Waals surface area contributed by atoms with Crippen molar-refractivity contribution in [1.82, 2.24) is 4.90 Å². The summed E-state index contributed by atoms with van der Waals surface area (Å²) in [5, 5.41) is 10.9. The second kappa shape index (κ2) is 5.12. The molecule has 2 N–H and O–H groups in total. The van der Waals surface area contributed by atoms with Gasteiger partial charge in [-0.3, -0.25) is 14.9 Å². The minimum atomic E-state index is -3.07. The second-order valence-corrected chi connectivity index (χ2v) is 4.78. The number of likely N-dealkylation sites (tertiary alicyclic amines) is 1. The number of carbonyl (C=O) groups excluding carboxylic acids is 1. The first-order valence-electron chi connectivity index (χ1n) is 5.96. The highest BCUT2D eigenvalue weighted by Gasteiger charge is 2.41. The van der Waals surface area contributed by atoms with Crippen molar-refractivity contribution in [2.75, 3.05) is 13.1 Å². The Kier molecular flexibility index (Phi) is 3.67. The maximum atomic E-state index is 13.4. The largest absolute Gasteiger partial charge is 0.331 e. The number of benzene rings is 1. The fraction of sp³-hybridized carbons (Fsp3) is 0.417. The monoisotopic (exact) mass is 285 g/mol. The number of nitrogens with two attached hydrogens (primary N) is 1. The summed E-state index contributed by atoms with van der Waals surface area (Å²) in [5.41, 5.74) is 4.90. The second-order valence-electron chi connectivity index (χ2n) is 4.78. The van der Waals surface area contributed by atoms with Crippen molar-refractivity contribution in [3.63, 3.8) is 0 Å². The van der Waals surface area contributed by atoms with Crippen LogP contribution in [0.5, 0.6) is 0 Å². The number of nitro benzene ring substituents is 1. The molecule has 1 atom stereocenters. The molecular formula is C12H13F2N3O3. The first-order chi connectivity index (χ1) is 9.30. The van der Waals surface area contributed by atoms with Crippen molar-refractivity contribution in [2.24, 2.45) is 5.73 Å². The highest BCUT2D eigenvalue weighted by Crippen LogP contribution is 2.28. The van der Waals surface area contributed by atoms with E-state index >= 15 is 0 Å². The van der Waals surface area contributed by atoms with Crippen LogP contribution >= 0.6 is 0 Å². The number of para-hydroxylation sites is 1. The molecule has 1 aromatic carbocycles. The van der Waals surface area contributed by atoms with E-state index in [1.165, 1.54) is 18.2 Å². The van der Waals surface area contributed by atoms with Crippen LogP contribution in [0.2, 0.25) is 0 Å². The molecule has 0 bridgehead atoms. The lowest BCUT2D eigenvalue weighted by Crippen LogP contribution is -2.54. The first kappa shape index (κ1) is 14.3. The summed E-state index contributed by atoms with van der Waals surface area (Å²) in [6, 6.07) is 4.42. The van der Waals surface area contributed by atoms with Crippen LogP contribution in [-0.2, 0) is 0 Å². The fourth-order valence-electron chi connectivity index (χ4n) is 2.28. The molecule has 1 saturated heterocycles. The Balaban J connectivity index is 2.30. The maximum Gasteiger partial charge on any atom is 0.282 e. The van der Waals surface area contributed by atoms with E-state index in [9.17, 15) is 23.7 Å². The molecule has 1 aliphatic rings. The van der Waals surface area contributed by atoms with E-state index in [4.69, 9.17) is 5.73 Å². The van der Waals surface area contributed by atoms with Gasteiger partial charge in [0.25, 0.3) is 17.5 Å². The predicted molar refractivity (Wildman–Crippen MR) is 66.5 cm³/mol. The number of rotatable bonds is 2. The zero-order chi connectivity index (χ0) is 14.9. The molecule has 1 aromatic rings. The van der Waals surface area contributed by atoms with Crippen molar-refractivity contribution >= 4 is 11.6 Å². The molecule has 0 aliphatic carbocycles. The van der Waals surface area contributed by atoms with Crippen LogP contribution in [0, 0.1) is 10.1 Å². The van der Waals surface area contributed by atoms with E-state index in [1.807, 2.05) is 0 Å². The van der Waals surface area contributed by atoms with Gasteiger partial charge in [0, 0.05) is 25.1 Å². The van der Waals surface area contributed by atoms with E-state index in [-0.39, 0.29) is 12.1 Å². The minimum Gasteiger partial charge on any atom is -0.331 e. The lowest BCUT2D eigenvalue weighted by Gasteiger charge is -2.35. The molecule has 6 nitrogen and oxygen atoms in total. The Bertz CT molecular complexity index is 551. The van der Waals surface area contributed by atoms with Gasteiger partial charge in [-0.15, -0.1) is 0 Å². The number of hydrogen-bond acceptors (Lipinski definition) is 4. The molecule has 1 aliphatic heterocycles. The van der Waals surface area contributed by atoms with Crippen LogP contribution in [0.1, 0.15) is 16.8 Å². The van der Waals surface area contributed by atoms with Crippen molar-refractivity contribution in [2.45, 2.75) is 18.4 Å². The average Bonchev–Trinajstić information content (AvgIpc) is 2.35. The van der Waals surface area contributed by atoms with Gasteiger partial charge in [0.2, 0.25) is 0 Å². The third-order valence-electron chi connectivity index (χ3n) is 3.06.